The van der Waals surface area contributed by atoms with Crippen LogP contribution in [0, 0.1) is 6.92 Å². The molecule has 7 nitrogen and oxygen atoms in total. The van der Waals surface area contributed by atoms with Crippen molar-refractivity contribution in [2.75, 3.05) is 18.5 Å². The van der Waals surface area contributed by atoms with E-state index in [1.165, 1.54) is 0 Å². The van der Waals surface area contributed by atoms with Crippen LogP contribution in [0.2, 0.25) is 0 Å². The van der Waals surface area contributed by atoms with E-state index in [1.54, 1.807) is 24.3 Å². The molecule has 0 saturated carbocycles. The maximum atomic E-state index is 12.5. The smallest absolute Gasteiger partial charge is 0.256 e. The van der Waals surface area contributed by atoms with Gasteiger partial charge in [-0.1, -0.05) is 6.92 Å². The third-order valence-corrected chi connectivity index (χ3v) is 4.06. The third kappa shape index (κ3) is 4.49. The number of carbonyl (C=O) groups excluding carboxylic acids is 1. The van der Waals surface area contributed by atoms with Gasteiger partial charge < -0.3 is 14.8 Å². The van der Waals surface area contributed by atoms with E-state index in [4.69, 9.17) is 14.1 Å². The van der Waals surface area contributed by atoms with Crippen LogP contribution in [0.15, 0.2) is 47.1 Å². The van der Waals surface area contributed by atoms with E-state index in [2.05, 4.69) is 15.6 Å². The van der Waals surface area contributed by atoms with Crippen molar-refractivity contribution in [2.24, 2.45) is 0 Å². The van der Waals surface area contributed by atoms with Crippen LogP contribution in [-0.2, 0) is 0 Å². The molecular formula is C21H23N3O4. The number of anilines is 1. The lowest BCUT2D eigenvalue weighted by molar-refractivity contribution is 0.102. The Labute approximate surface area is 163 Å². The number of rotatable bonds is 8. The fourth-order valence-electron chi connectivity index (χ4n) is 2.68. The van der Waals surface area contributed by atoms with Crippen LogP contribution in [0.25, 0.3) is 11.3 Å². The molecule has 0 atom stereocenters. The third-order valence-electron chi connectivity index (χ3n) is 4.06. The second-order valence-corrected chi connectivity index (χ2v) is 6.20. The molecule has 0 aliphatic rings. The Morgan fingerprint density at radius 1 is 1.07 bits per heavy atom. The van der Waals surface area contributed by atoms with Crippen molar-refractivity contribution in [1.82, 2.24) is 10.3 Å². The first-order valence-corrected chi connectivity index (χ1v) is 9.23. The molecule has 2 aromatic carbocycles. The molecule has 0 fully saturated rings. The van der Waals surface area contributed by atoms with Crippen LogP contribution in [0.3, 0.4) is 0 Å². The first-order valence-electron chi connectivity index (χ1n) is 9.23. The minimum atomic E-state index is -0.304. The summed E-state index contributed by atoms with van der Waals surface area (Å²) >= 11 is 0. The minimum Gasteiger partial charge on any atom is -0.494 e. The van der Waals surface area contributed by atoms with Gasteiger partial charge in [-0.05, 0) is 78.6 Å². The van der Waals surface area contributed by atoms with Crippen LogP contribution in [0.4, 0.5) is 5.82 Å². The van der Waals surface area contributed by atoms with E-state index < -0.39 is 0 Å². The summed E-state index contributed by atoms with van der Waals surface area (Å²) in [6, 6.07) is 12.6. The van der Waals surface area contributed by atoms with Crippen LogP contribution in [0.5, 0.6) is 11.5 Å². The van der Waals surface area contributed by atoms with Crippen molar-refractivity contribution in [3.63, 3.8) is 0 Å². The quantitative estimate of drug-likeness (QED) is 0.619. The number of amides is 1. The summed E-state index contributed by atoms with van der Waals surface area (Å²) in [5.41, 5.74) is 2.69. The fourth-order valence-corrected chi connectivity index (χ4v) is 2.68. The Bertz CT molecular complexity index is 935. The van der Waals surface area contributed by atoms with Gasteiger partial charge in [0.05, 0.1) is 13.2 Å². The zero-order valence-corrected chi connectivity index (χ0v) is 16.2. The molecule has 0 spiro atoms. The predicted molar refractivity (Wildman–Crippen MR) is 106 cm³/mol. The minimum absolute atomic E-state index is 0.264. The maximum Gasteiger partial charge on any atom is 0.256 e. The first kappa shape index (κ1) is 19.4. The summed E-state index contributed by atoms with van der Waals surface area (Å²) in [6.45, 7) is 7.15. The van der Waals surface area contributed by atoms with Gasteiger partial charge in [-0.3, -0.25) is 4.79 Å². The van der Waals surface area contributed by atoms with Crippen LogP contribution >= 0.6 is 0 Å². The highest BCUT2D eigenvalue weighted by atomic mass is 16.6. The topological polar surface area (TPSA) is 86.5 Å². The second kappa shape index (κ2) is 9.03. The lowest BCUT2D eigenvalue weighted by atomic mass is 10.1. The molecule has 0 unspecified atom stereocenters. The molecule has 3 rings (SSSR count). The van der Waals surface area contributed by atoms with Crippen LogP contribution in [0.1, 0.15) is 36.2 Å². The summed E-state index contributed by atoms with van der Waals surface area (Å²) < 4.78 is 15.9. The number of hydrogen-bond acceptors (Lipinski definition) is 6. The Hall–Kier alpha value is -3.35. The van der Waals surface area contributed by atoms with Crippen molar-refractivity contribution in [3.05, 3.63) is 53.6 Å². The zero-order valence-electron chi connectivity index (χ0n) is 16.2. The SMILES string of the molecule is CCCOc1ccc(C(=O)Nc2nonc2-c2ccc(OCC)c(C)c2)cc1. The van der Waals surface area contributed by atoms with Gasteiger partial charge in [-0.2, -0.15) is 0 Å². The molecule has 0 aliphatic carbocycles. The summed E-state index contributed by atoms with van der Waals surface area (Å²) in [5.74, 6) is 1.49. The number of nitrogens with one attached hydrogen (secondary N) is 1. The largest absolute Gasteiger partial charge is 0.494 e. The number of carbonyl (C=O) groups is 1. The highest BCUT2D eigenvalue weighted by Gasteiger charge is 2.17. The van der Waals surface area contributed by atoms with Gasteiger partial charge in [0.1, 0.15) is 11.5 Å². The molecule has 0 aliphatic heterocycles. The first-order chi connectivity index (χ1) is 13.6. The zero-order chi connectivity index (χ0) is 19.9. The number of hydrogen-bond donors (Lipinski definition) is 1. The molecule has 1 aromatic heterocycles. The molecule has 0 radical (unpaired) electrons. The molecule has 1 N–H and O–H groups in total. The summed E-state index contributed by atoms with van der Waals surface area (Å²) in [7, 11) is 0. The van der Waals surface area contributed by atoms with E-state index in [0.29, 0.717) is 24.5 Å². The van der Waals surface area contributed by atoms with Crippen molar-refractivity contribution < 1.29 is 18.9 Å². The molecule has 3 aromatic rings. The summed E-state index contributed by atoms with van der Waals surface area (Å²) in [4.78, 5) is 12.5. The Kier molecular flexibility index (Phi) is 6.26. The lowest BCUT2D eigenvalue weighted by Crippen LogP contribution is -2.12. The van der Waals surface area contributed by atoms with Gasteiger partial charge >= 0.3 is 0 Å². The normalized spacial score (nSPS) is 10.5. The average Bonchev–Trinajstić information content (AvgIpc) is 3.16. The summed E-state index contributed by atoms with van der Waals surface area (Å²) in [5, 5.41) is 10.5. The second-order valence-electron chi connectivity index (χ2n) is 6.20. The van der Waals surface area contributed by atoms with Crippen molar-refractivity contribution >= 4 is 11.7 Å². The van der Waals surface area contributed by atoms with E-state index in [9.17, 15) is 4.79 Å². The number of benzene rings is 2. The Morgan fingerprint density at radius 2 is 1.86 bits per heavy atom. The monoisotopic (exact) mass is 381 g/mol. The standard InChI is InChI=1S/C21H23N3O4/c1-4-12-27-17-9-6-15(7-10-17)21(25)22-20-19(23-28-24-20)16-8-11-18(26-5-2)14(3)13-16/h6-11,13H,4-5,12H2,1-3H3,(H,22,24,25). The highest BCUT2D eigenvalue weighted by Crippen LogP contribution is 2.29. The maximum absolute atomic E-state index is 12.5. The molecule has 1 heterocycles. The lowest BCUT2D eigenvalue weighted by Gasteiger charge is -2.09. The van der Waals surface area contributed by atoms with Gasteiger partial charge in [0, 0.05) is 11.1 Å². The van der Waals surface area contributed by atoms with E-state index in [0.717, 1.165) is 29.0 Å². The predicted octanol–water partition coefficient (Wildman–Crippen LogP) is 4.48. The molecule has 146 valence electrons. The fraction of sp³-hybridized carbons (Fsp3) is 0.286. The highest BCUT2D eigenvalue weighted by molar-refractivity contribution is 6.05. The van der Waals surface area contributed by atoms with Crippen molar-refractivity contribution in [3.8, 4) is 22.8 Å². The van der Waals surface area contributed by atoms with Gasteiger partial charge in [0.2, 0.25) is 5.82 Å². The molecule has 7 heteroatoms. The van der Waals surface area contributed by atoms with Crippen molar-refractivity contribution in [1.29, 1.82) is 0 Å². The van der Waals surface area contributed by atoms with E-state index >= 15 is 0 Å². The van der Waals surface area contributed by atoms with Gasteiger partial charge in [-0.25, -0.2) is 4.63 Å². The summed E-state index contributed by atoms with van der Waals surface area (Å²) in [6.07, 6.45) is 0.926. The van der Waals surface area contributed by atoms with Gasteiger partial charge in [0.15, 0.2) is 5.69 Å². The van der Waals surface area contributed by atoms with Crippen molar-refractivity contribution in [2.45, 2.75) is 27.2 Å². The van der Waals surface area contributed by atoms with Gasteiger partial charge in [-0.15, -0.1) is 0 Å². The Morgan fingerprint density at radius 3 is 2.54 bits per heavy atom. The molecule has 1 amide bonds. The number of nitrogens with zero attached hydrogens (tertiary/aromatic N) is 2. The average molecular weight is 381 g/mol. The van der Waals surface area contributed by atoms with E-state index in [-0.39, 0.29) is 11.7 Å². The molecule has 28 heavy (non-hydrogen) atoms. The molecular weight excluding hydrogens is 358 g/mol. The van der Waals surface area contributed by atoms with E-state index in [1.807, 2.05) is 39.0 Å². The molecule has 0 saturated heterocycles. The van der Waals surface area contributed by atoms with Gasteiger partial charge in [0.25, 0.3) is 5.91 Å². The van der Waals surface area contributed by atoms with Crippen LogP contribution in [-0.4, -0.2) is 29.4 Å². The molecule has 0 bridgehead atoms. The number of aromatic nitrogens is 2. The van der Waals surface area contributed by atoms with Crippen LogP contribution < -0.4 is 14.8 Å². The Balaban J connectivity index is 1.75. The number of aryl methyl sites for hydroxylation is 1. The number of ether oxygens (including phenoxy) is 2.